The average Bonchev–Trinajstić information content (AvgIpc) is 2.86. The third kappa shape index (κ3) is 5.25. The average molecular weight is 460 g/mol. The Morgan fingerprint density at radius 3 is 2.35 bits per heavy atom. The molecule has 0 atom stereocenters. The van der Waals surface area contributed by atoms with Crippen LogP contribution in [-0.2, 0) is 9.53 Å². The van der Waals surface area contributed by atoms with Crippen LogP contribution in [0, 0.1) is 12.8 Å². The van der Waals surface area contributed by atoms with Crippen LogP contribution in [0.5, 0.6) is 0 Å². The number of aliphatic carboxylic acids is 1. The topological polar surface area (TPSA) is 92.6 Å². The number of nitrogens with zero attached hydrogens (tertiary/aromatic N) is 3. The number of hydrogen-bond donors (Lipinski definition) is 1. The SMILES string of the molecule is COC(=O)N(c1ccc(-c2ccc(C3CCC(CC(=O)O)CC3)cc2)nc1)c1cccnc1C. The number of carboxylic acids is 1. The van der Waals surface area contributed by atoms with Crippen LogP contribution in [0.25, 0.3) is 11.3 Å². The van der Waals surface area contributed by atoms with Crippen molar-refractivity contribution >= 4 is 23.4 Å². The molecule has 3 aromatic rings. The van der Waals surface area contributed by atoms with E-state index >= 15 is 0 Å². The monoisotopic (exact) mass is 459 g/mol. The van der Waals surface area contributed by atoms with Crippen molar-refractivity contribution < 1.29 is 19.4 Å². The predicted molar refractivity (Wildman–Crippen MR) is 130 cm³/mol. The zero-order valence-electron chi connectivity index (χ0n) is 19.5. The molecular formula is C27H29N3O4. The number of aromatic nitrogens is 2. The van der Waals surface area contributed by atoms with Crippen LogP contribution in [-0.4, -0.2) is 34.2 Å². The Morgan fingerprint density at radius 2 is 1.76 bits per heavy atom. The molecule has 0 aliphatic heterocycles. The number of amides is 1. The molecule has 2 heterocycles. The minimum absolute atomic E-state index is 0.279. The second-order valence-corrected chi connectivity index (χ2v) is 8.75. The van der Waals surface area contributed by atoms with Gasteiger partial charge < -0.3 is 9.84 Å². The molecule has 4 rings (SSSR count). The van der Waals surface area contributed by atoms with Crippen molar-refractivity contribution in [2.75, 3.05) is 12.0 Å². The summed E-state index contributed by atoms with van der Waals surface area (Å²) in [6, 6.07) is 15.8. The largest absolute Gasteiger partial charge is 0.481 e. The molecule has 0 unspecified atom stereocenters. The molecule has 0 spiro atoms. The normalized spacial score (nSPS) is 17.7. The summed E-state index contributed by atoms with van der Waals surface area (Å²) in [5.74, 6) is 0.0816. The van der Waals surface area contributed by atoms with E-state index in [2.05, 4.69) is 34.2 Å². The van der Waals surface area contributed by atoms with Gasteiger partial charge >= 0.3 is 12.1 Å². The van der Waals surface area contributed by atoms with Crippen LogP contribution in [0.4, 0.5) is 16.2 Å². The number of aryl methyl sites for hydroxylation is 1. The van der Waals surface area contributed by atoms with E-state index in [0.717, 1.165) is 36.9 Å². The fourth-order valence-corrected chi connectivity index (χ4v) is 4.71. The van der Waals surface area contributed by atoms with Crippen LogP contribution < -0.4 is 4.90 Å². The molecule has 0 bridgehead atoms. The van der Waals surface area contributed by atoms with Crippen molar-refractivity contribution in [2.24, 2.45) is 5.92 Å². The number of ether oxygens (including phenoxy) is 1. The quantitative estimate of drug-likeness (QED) is 0.478. The fourth-order valence-electron chi connectivity index (χ4n) is 4.71. The van der Waals surface area contributed by atoms with Crippen LogP contribution in [0.1, 0.15) is 49.3 Å². The highest BCUT2D eigenvalue weighted by molar-refractivity contribution is 5.96. The molecule has 1 N–H and O–H groups in total. The summed E-state index contributed by atoms with van der Waals surface area (Å²) in [5, 5.41) is 9.01. The van der Waals surface area contributed by atoms with Gasteiger partial charge in [0.1, 0.15) is 0 Å². The first kappa shape index (κ1) is 23.4. The highest BCUT2D eigenvalue weighted by atomic mass is 16.5. The summed E-state index contributed by atoms with van der Waals surface area (Å²) in [6.45, 7) is 1.84. The lowest BCUT2D eigenvalue weighted by atomic mass is 9.77. The van der Waals surface area contributed by atoms with Crippen molar-refractivity contribution in [3.8, 4) is 11.3 Å². The number of benzene rings is 1. The first-order valence-corrected chi connectivity index (χ1v) is 11.5. The van der Waals surface area contributed by atoms with Gasteiger partial charge in [0, 0.05) is 18.2 Å². The molecule has 1 fully saturated rings. The number of carboxylic acid groups (broad SMARTS) is 1. The van der Waals surface area contributed by atoms with Crippen LogP contribution >= 0.6 is 0 Å². The first-order chi connectivity index (χ1) is 16.5. The van der Waals surface area contributed by atoms with Gasteiger partial charge in [-0.3, -0.25) is 14.8 Å². The van der Waals surface area contributed by atoms with E-state index < -0.39 is 12.1 Å². The molecule has 0 saturated heterocycles. The highest BCUT2D eigenvalue weighted by Crippen LogP contribution is 2.37. The molecule has 1 aromatic carbocycles. The summed E-state index contributed by atoms with van der Waals surface area (Å²) in [4.78, 5) is 33.8. The van der Waals surface area contributed by atoms with Crippen LogP contribution in [0.2, 0.25) is 0 Å². The van der Waals surface area contributed by atoms with Gasteiger partial charge in [0.15, 0.2) is 0 Å². The number of hydrogen-bond acceptors (Lipinski definition) is 5. The number of carbonyl (C=O) groups is 2. The van der Waals surface area contributed by atoms with E-state index in [1.807, 2.05) is 25.1 Å². The number of anilines is 2. The van der Waals surface area contributed by atoms with Crippen molar-refractivity contribution in [3.63, 3.8) is 0 Å². The summed E-state index contributed by atoms with van der Waals surface area (Å²) in [5.41, 5.74) is 5.06. The lowest BCUT2D eigenvalue weighted by Crippen LogP contribution is -2.26. The molecule has 176 valence electrons. The van der Waals surface area contributed by atoms with Gasteiger partial charge in [0.25, 0.3) is 0 Å². The number of pyridine rings is 2. The first-order valence-electron chi connectivity index (χ1n) is 11.5. The minimum atomic E-state index is -0.698. The minimum Gasteiger partial charge on any atom is -0.481 e. The van der Waals surface area contributed by atoms with Crippen LogP contribution in [0.3, 0.4) is 0 Å². The Morgan fingerprint density at radius 1 is 1.03 bits per heavy atom. The summed E-state index contributed by atoms with van der Waals surface area (Å²) >= 11 is 0. The molecule has 1 aliphatic rings. The van der Waals surface area contributed by atoms with Crippen molar-refractivity contribution in [2.45, 2.75) is 44.9 Å². The standard InChI is InChI=1S/C27H29N3O4/c1-18-25(4-3-15-28-18)30(27(33)34-2)23-13-14-24(29-17-23)22-11-9-21(10-12-22)20-7-5-19(6-8-20)16-26(31)32/h3-4,9-15,17,19-20H,5-8,16H2,1-2H3,(H,31,32). The number of methoxy groups -OCH3 is 1. The number of carbonyl (C=O) groups excluding carboxylic acids is 1. The predicted octanol–water partition coefficient (Wildman–Crippen LogP) is 6.11. The second-order valence-electron chi connectivity index (χ2n) is 8.75. The van der Waals surface area contributed by atoms with Crippen molar-refractivity contribution in [1.29, 1.82) is 0 Å². The fraction of sp³-hybridized carbons (Fsp3) is 0.333. The third-order valence-corrected chi connectivity index (χ3v) is 6.57. The Bertz CT molecular complexity index is 1140. The molecule has 7 heteroatoms. The van der Waals surface area contributed by atoms with Gasteiger partial charge in [-0.05, 0) is 74.3 Å². The van der Waals surface area contributed by atoms with E-state index in [1.54, 1.807) is 18.5 Å². The Balaban J connectivity index is 1.48. The smallest absolute Gasteiger partial charge is 0.418 e. The lowest BCUT2D eigenvalue weighted by Gasteiger charge is -2.28. The molecule has 2 aromatic heterocycles. The molecule has 1 aliphatic carbocycles. The zero-order chi connectivity index (χ0) is 24.1. The summed E-state index contributed by atoms with van der Waals surface area (Å²) in [7, 11) is 1.35. The zero-order valence-corrected chi connectivity index (χ0v) is 19.5. The molecule has 34 heavy (non-hydrogen) atoms. The Labute approximate surface area is 199 Å². The molecule has 0 radical (unpaired) electrons. The van der Waals surface area contributed by atoms with Gasteiger partial charge in [-0.15, -0.1) is 0 Å². The third-order valence-electron chi connectivity index (χ3n) is 6.57. The maximum absolute atomic E-state index is 12.5. The molecule has 1 saturated carbocycles. The van der Waals surface area contributed by atoms with Crippen molar-refractivity contribution in [1.82, 2.24) is 9.97 Å². The van der Waals surface area contributed by atoms with Crippen molar-refractivity contribution in [3.05, 3.63) is 72.2 Å². The van der Waals surface area contributed by atoms with Gasteiger partial charge in [-0.25, -0.2) is 9.69 Å². The Hall–Kier alpha value is -3.74. The Kier molecular flexibility index (Phi) is 7.21. The summed E-state index contributed by atoms with van der Waals surface area (Å²) in [6.07, 6.45) is 7.11. The maximum atomic E-state index is 12.5. The van der Waals surface area contributed by atoms with E-state index in [9.17, 15) is 9.59 Å². The molecular weight excluding hydrogens is 430 g/mol. The second kappa shape index (κ2) is 10.5. The summed E-state index contributed by atoms with van der Waals surface area (Å²) < 4.78 is 4.99. The van der Waals surface area contributed by atoms with Gasteiger partial charge in [0.05, 0.1) is 36.1 Å². The van der Waals surface area contributed by atoms with Gasteiger partial charge in [-0.2, -0.15) is 0 Å². The van der Waals surface area contributed by atoms with E-state index in [1.165, 1.54) is 17.6 Å². The van der Waals surface area contributed by atoms with Crippen LogP contribution in [0.15, 0.2) is 60.9 Å². The van der Waals surface area contributed by atoms with E-state index in [-0.39, 0.29) is 6.42 Å². The van der Waals surface area contributed by atoms with E-state index in [4.69, 9.17) is 9.84 Å². The van der Waals surface area contributed by atoms with E-state index in [0.29, 0.717) is 28.9 Å². The highest BCUT2D eigenvalue weighted by Gasteiger charge is 2.24. The molecule has 1 amide bonds. The maximum Gasteiger partial charge on any atom is 0.418 e. The lowest BCUT2D eigenvalue weighted by molar-refractivity contribution is -0.138. The van der Waals surface area contributed by atoms with Gasteiger partial charge in [-0.1, -0.05) is 24.3 Å². The number of rotatable bonds is 6. The van der Waals surface area contributed by atoms with Gasteiger partial charge in [0.2, 0.25) is 0 Å². The molecule has 7 nitrogen and oxygen atoms in total.